The van der Waals surface area contributed by atoms with Crippen LogP contribution in [0.4, 0.5) is 11.4 Å². The number of anilines is 1. The average Bonchev–Trinajstić information content (AvgIpc) is 2.78. The van der Waals surface area contributed by atoms with Gasteiger partial charge >= 0.3 is 0 Å². The van der Waals surface area contributed by atoms with Crippen LogP contribution in [0.25, 0.3) is 0 Å². The minimum Gasteiger partial charge on any atom is -0.375 e. The van der Waals surface area contributed by atoms with Crippen molar-refractivity contribution >= 4 is 40.3 Å². The Bertz CT molecular complexity index is 1130. The minimum absolute atomic E-state index is 0.0584. The molecule has 11 heteroatoms. The van der Waals surface area contributed by atoms with Gasteiger partial charge in [-0.05, 0) is 42.3 Å². The van der Waals surface area contributed by atoms with Gasteiger partial charge in [0.15, 0.2) is 5.11 Å². The van der Waals surface area contributed by atoms with Crippen LogP contribution in [0.1, 0.15) is 36.3 Å². The number of non-ortho nitro benzene ring substituents is 1. The number of hydrogen-bond acceptors (Lipinski definition) is 7. The van der Waals surface area contributed by atoms with Crippen molar-refractivity contribution in [3.05, 3.63) is 69.8 Å². The first-order valence-corrected chi connectivity index (χ1v) is 10.3. The molecule has 2 aromatic rings. The molecule has 0 radical (unpaired) electrons. The number of amides is 1. The molecule has 0 aromatic heterocycles. The molecule has 10 nitrogen and oxygen atoms in total. The van der Waals surface area contributed by atoms with E-state index < -0.39 is 10.8 Å². The Morgan fingerprint density at radius 1 is 1.21 bits per heavy atom. The monoisotopic (exact) mass is 463 g/mol. The van der Waals surface area contributed by atoms with Gasteiger partial charge in [-0.25, -0.2) is 0 Å². The van der Waals surface area contributed by atoms with Crippen molar-refractivity contribution < 1.29 is 9.72 Å². The first-order chi connectivity index (χ1) is 15.8. The van der Waals surface area contributed by atoms with Crippen molar-refractivity contribution in [2.45, 2.75) is 31.6 Å². The molecule has 0 aliphatic carbocycles. The molecule has 0 aliphatic rings. The molecule has 168 valence electrons. The fraction of sp³-hybridized carbons (Fsp3) is 0.227. The van der Waals surface area contributed by atoms with E-state index in [1.165, 1.54) is 18.2 Å². The van der Waals surface area contributed by atoms with Crippen molar-refractivity contribution in [3.63, 3.8) is 0 Å². The number of benzene rings is 2. The minimum atomic E-state index is -0.706. The summed E-state index contributed by atoms with van der Waals surface area (Å²) in [6.07, 6.45) is 1.04. The third-order valence-corrected chi connectivity index (χ3v) is 4.64. The number of hydrogen-bond donors (Lipinski definition) is 3. The number of nitrogens with one attached hydrogen (secondary N) is 2. The zero-order valence-electron chi connectivity index (χ0n) is 17.5. The number of nitrogens with two attached hydrogens (primary N) is 1. The van der Waals surface area contributed by atoms with E-state index in [1.54, 1.807) is 30.3 Å². The predicted molar refractivity (Wildman–Crippen MR) is 127 cm³/mol. The van der Waals surface area contributed by atoms with E-state index in [0.717, 1.165) is 5.56 Å². The van der Waals surface area contributed by atoms with Crippen LogP contribution in [0, 0.1) is 32.8 Å². The predicted octanol–water partition coefficient (Wildman–Crippen LogP) is 3.27. The Hall–Kier alpha value is -4.35. The molecule has 0 unspecified atom stereocenters. The lowest BCUT2D eigenvalue weighted by Gasteiger charge is -2.14. The zero-order chi connectivity index (χ0) is 24.2. The largest absolute Gasteiger partial charge is 0.375 e. The van der Waals surface area contributed by atoms with Gasteiger partial charge in [0.25, 0.3) is 5.69 Å². The van der Waals surface area contributed by atoms with Crippen molar-refractivity contribution in [1.29, 1.82) is 10.5 Å². The van der Waals surface area contributed by atoms with Crippen LogP contribution in [0.3, 0.4) is 0 Å². The summed E-state index contributed by atoms with van der Waals surface area (Å²) in [6.45, 7) is 0. The molecule has 2 aromatic carbocycles. The Labute approximate surface area is 195 Å². The van der Waals surface area contributed by atoms with Crippen LogP contribution in [0.15, 0.2) is 53.6 Å². The molecule has 2 rings (SSSR count). The highest BCUT2D eigenvalue weighted by Crippen LogP contribution is 2.22. The number of thiocarbonyl (C=S) groups is 1. The van der Waals surface area contributed by atoms with Gasteiger partial charge in [-0.15, -0.1) is 0 Å². The van der Waals surface area contributed by atoms with E-state index in [9.17, 15) is 20.2 Å². The molecule has 0 bridgehead atoms. The number of nitro groups is 1. The quantitative estimate of drug-likeness (QED) is 0.208. The first-order valence-electron chi connectivity index (χ1n) is 9.85. The lowest BCUT2D eigenvalue weighted by atomic mass is 9.91. The van der Waals surface area contributed by atoms with Gasteiger partial charge in [0.1, 0.15) is 5.92 Å². The standard InChI is InChI=1S/C22H21N7O3S/c23-12-11-15-7-9-16(10-8-15)19(14-24)20(27-28-22(25)33)5-2-6-21(30)26-17-3-1-4-18(13-17)29(31)32/h1,3-4,7-10,13,19H,2,5-6,11H2,(H,26,30)(H3,25,28,33)/b27-20+/t19-/m1/s1. The fourth-order valence-electron chi connectivity index (χ4n) is 3.00. The summed E-state index contributed by atoms with van der Waals surface area (Å²) in [5, 5.41) is 36.2. The highest BCUT2D eigenvalue weighted by atomic mass is 32.1. The van der Waals surface area contributed by atoms with E-state index in [4.69, 9.17) is 23.2 Å². The Balaban J connectivity index is 2.06. The van der Waals surface area contributed by atoms with Gasteiger partial charge in [0.05, 0.1) is 29.2 Å². The summed E-state index contributed by atoms with van der Waals surface area (Å²) in [7, 11) is 0. The van der Waals surface area contributed by atoms with Crippen LogP contribution in [0.5, 0.6) is 0 Å². The molecule has 1 atom stereocenters. The second-order valence-corrected chi connectivity index (χ2v) is 7.37. The van der Waals surface area contributed by atoms with Crippen molar-refractivity contribution in [3.8, 4) is 12.1 Å². The molecule has 0 saturated carbocycles. The summed E-state index contributed by atoms with van der Waals surface area (Å²) in [4.78, 5) is 22.6. The summed E-state index contributed by atoms with van der Waals surface area (Å²) in [6, 6.07) is 17.0. The molecule has 0 heterocycles. The second-order valence-electron chi connectivity index (χ2n) is 6.93. The molecule has 0 saturated heterocycles. The van der Waals surface area contributed by atoms with Gasteiger partial charge in [0.2, 0.25) is 5.91 Å². The maximum absolute atomic E-state index is 12.3. The van der Waals surface area contributed by atoms with Gasteiger partial charge in [-0.3, -0.25) is 20.3 Å². The molecule has 1 amide bonds. The Morgan fingerprint density at radius 2 is 1.94 bits per heavy atom. The lowest BCUT2D eigenvalue weighted by molar-refractivity contribution is -0.384. The summed E-state index contributed by atoms with van der Waals surface area (Å²) in [5.41, 5.74) is 10.1. The maximum Gasteiger partial charge on any atom is 0.271 e. The van der Waals surface area contributed by atoms with Crippen LogP contribution in [-0.2, 0) is 11.2 Å². The SMILES string of the molecule is N#CCc1ccc([C@@H](C#N)/C(CCCC(=O)Nc2cccc([N+](=O)[O-])c2)=N/NC(N)=S)cc1. The zero-order valence-corrected chi connectivity index (χ0v) is 18.3. The fourth-order valence-corrected chi connectivity index (χ4v) is 3.05. The number of nitriles is 2. The van der Waals surface area contributed by atoms with Crippen molar-refractivity contribution in [2.24, 2.45) is 10.8 Å². The Kier molecular flexibility index (Phi) is 9.43. The van der Waals surface area contributed by atoms with Gasteiger partial charge < -0.3 is 11.1 Å². The molecule has 0 fully saturated rings. The van der Waals surface area contributed by atoms with Crippen LogP contribution in [0.2, 0.25) is 0 Å². The first kappa shape index (κ1) is 24.9. The highest BCUT2D eigenvalue weighted by Gasteiger charge is 2.19. The smallest absolute Gasteiger partial charge is 0.271 e. The van der Waals surface area contributed by atoms with Crippen LogP contribution in [-0.4, -0.2) is 21.7 Å². The number of carbonyl (C=O) groups is 1. The number of carbonyl (C=O) groups excluding carboxylic acids is 1. The van der Waals surface area contributed by atoms with Crippen molar-refractivity contribution in [1.82, 2.24) is 5.43 Å². The van der Waals surface area contributed by atoms with E-state index in [-0.39, 0.29) is 29.5 Å². The third-order valence-electron chi connectivity index (χ3n) is 4.55. The summed E-state index contributed by atoms with van der Waals surface area (Å²) < 4.78 is 0. The van der Waals surface area contributed by atoms with Crippen molar-refractivity contribution in [2.75, 3.05) is 5.32 Å². The molecule has 0 aliphatic heterocycles. The molecule has 0 spiro atoms. The number of rotatable bonds is 10. The van der Waals surface area contributed by atoms with E-state index in [0.29, 0.717) is 29.8 Å². The van der Waals surface area contributed by atoms with E-state index in [2.05, 4.69) is 28.0 Å². The third kappa shape index (κ3) is 8.01. The average molecular weight is 464 g/mol. The molecule has 33 heavy (non-hydrogen) atoms. The van der Waals surface area contributed by atoms with E-state index >= 15 is 0 Å². The maximum atomic E-state index is 12.3. The lowest BCUT2D eigenvalue weighted by Crippen LogP contribution is -2.27. The van der Waals surface area contributed by atoms with Crippen LogP contribution >= 0.6 is 12.2 Å². The molecular weight excluding hydrogens is 442 g/mol. The van der Waals surface area contributed by atoms with Gasteiger partial charge in [-0.2, -0.15) is 15.6 Å². The Morgan fingerprint density at radius 3 is 2.55 bits per heavy atom. The van der Waals surface area contributed by atoms with Gasteiger partial charge in [0, 0.05) is 24.2 Å². The number of nitro benzene ring substituents is 1. The van der Waals surface area contributed by atoms with Crippen LogP contribution < -0.4 is 16.5 Å². The summed E-state index contributed by atoms with van der Waals surface area (Å²) in [5.74, 6) is -1.03. The number of hydrazone groups is 1. The summed E-state index contributed by atoms with van der Waals surface area (Å²) >= 11 is 4.79. The molecular formula is C22H21N7O3S. The second kappa shape index (κ2) is 12.5. The highest BCUT2D eigenvalue weighted by molar-refractivity contribution is 7.80. The van der Waals surface area contributed by atoms with Gasteiger partial charge in [-0.1, -0.05) is 30.3 Å². The topological polar surface area (TPSA) is 170 Å². The number of nitrogens with zero attached hydrogens (tertiary/aromatic N) is 4. The molecule has 4 N–H and O–H groups in total. The van der Waals surface area contributed by atoms with E-state index in [1.807, 2.05) is 0 Å². The normalized spacial score (nSPS) is 11.5.